The van der Waals surface area contributed by atoms with Crippen molar-refractivity contribution in [3.63, 3.8) is 0 Å². The van der Waals surface area contributed by atoms with Crippen LogP contribution in [0.2, 0.25) is 0 Å². The maximum atomic E-state index is 12.2. The second-order valence-corrected chi connectivity index (χ2v) is 6.31. The standard InChI is InChI=1S/C13H17NO4S/c15-10-18-13-9-5-4-8-12(13)14-19(16,17)11-6-2-1-3-7-11/h1-3,6-7,10,12-14H,4-5,8-9H2/t12-,13+/m1/s1. The van der Waals surface area contributed by atoms with Gasteiger partial charge in [0.2, 0.25) is 10.0 Å². The largest absolute Gasteiger partial charge is 0.463 e. The van der Waals surface area contributed by atoms with Crippen molar-refractivity contribution in [2.24, 2.45) is 0 Å². The van der Waals surface area contributed by atoms with Crippen LogP contribution in [0.3, 0.4) is 0 Å². The summed E-state index contributed by atoms with van der Waals surface area (Å²) in [4.78, 5) is 10.7. The fourth-order valence-corrected chi connectivity index (χ4v) is 3.65. The van der Waals surface area contributed by atoms with E-state index < -0.39 is 10.0 Å². The van der Waals surface area contributed by atoms with E-state index in [0.29, 0.717) is 19.3 Å². The van der Waals surface area contributed by atoms with E-state index in [0.717, 1.165) is 12.8 Å². The summed E-state index contributed by atoms with van der Waals surface area (Å²) >= 11 is 0. The van der Waals surface area contributed by atoms with Crippen LogP contribution >= 0.6 is 0 Å². The monoisotopic (exact) mass is 283 g/mol. The summed E-state index contributed by atoms with van der Waals surface area (Å²) in [5.74, 6) is 0. The smallest absolute Gasteiger partial charge is 0.293 e. The molecule has 0 saturated heterocycles. The minimum atomic E-state index is -3.56. The summed E-state index contributed by atoms with van der Waals surface area (Å²) in [6, 6.07) is 7.85. The molecule has 104 valence electrons. The van der Waals surface area contributed by atoms with Gasteiger partial charge in [-0.2, -0.15) is 0 Å². The molecule has 0 amide bonds. The van der Waals surface area contributed by atoms with Gasteiger partial charge >= 0.3 is 0 Å². The first-order valence-corrected chi connectivity index (χ1v) is 7.78. The molecule has 1 fully saturated rings. The molecule has 19 heavy (non-hydrogen) atoms. The Kier molecular flexibility index (Phi) is 4.55. The van der Waals surface area contributed by atoms with Crippen molar-refractivity contribution in [1.82, 2.24) is 4.72 Å². The molecule has 0 spiro atoms. The van der Waals surface area contributed by atoms with Crippen molar-refractivity contribution in [1.29, 1.82) is 0 Å². The van der Waals surface area contributed by atoms with Crippen LogP contribution in [0.15, 0.2) is 35.2 Å². The molecule has 1 aliphatic rings. The summed E-state index contributed by atoms with van der Waals surface area (Å²) < 4.78 is 32.0. The average Bonchev–Trinajstić information content (AvgIpc) is 2.42. The van der Waals surface area contributed by atoms with E-state index >= 15 is 0 Å². The van der Waals surface area contributed by atoms with E-state index in [-0.39, 0.29) is 17.0 Å². The molecule has 1 aromatic carbocycles. The van der Waals surface area contributed by atoms with Crippen LogP contribution in [0.5, 0.6) is 0 Å². The maximum Gasteiger partial charge on any atom is 0.293 e. The Bertz CT molecular complexity index is 515. The van der Waals surface area contributed by atoms with Crippen LogP contribution in [0, 0.1) is 0 Å². The van der Waals surface area contributed by atoms with Crippen LogP contribution in [0.4, 0.5) is 0 Å². The first-order valence-electron chi connectivity index (χ1n) is 6.30. The van der Waals surface area contributed by atoms with Gasteiger partial charge in [0.25, 0.3) is 6.47 Å². The van der Waals surface area contributed by atoms with E-state index in [1.165, 1.54) is 0 Å². The topological polar surface area (TPSA) is 72.5 Å². The lowest BCUT2D eigenvalue weighted by molar-refractivity contribution is -0.136. The molecule has 1 aromatic rings. The minimum Gasteiger partial charge on any atom is -0.463 e. The van der Waals surface area contributed by atoms with E-state index in [1.54, 1.807) is 30.3 Å². The fraction of sp³-hybridized carbons (Fsp3) is 0.462. The predicted octanol–water partition coefficient (Wildman–Crippen LogP) is 1.45. The van der Waals surface area contributed by atoms with Crippen LogP contribution in [0.1, 0.15) is 25.7 Å². The summed E-state index contributed by atoms with van der Waals surface area (Å²) in [5.41, 5.74) is 0. The van der Waals surface area contributed by atoms with E-state index in [9.17, 15) is 13.2 Å². The molecule has 0 heterocycles. The lowest BCUT2D eigenvalue weighted by atomic mass is 9.93. The van der Waals surface area contributed by atoms with Crippen LogP contribution in [0.25, 0.3) is 0 Å². The van der Waals surface area contributed by atoms with Gasteiger partial charge < -0.3 is 4.74 Å². The molecule has 1 saturated carbocycles. The fourth-order valence-electron chi connectivity index (χ4n) is 2.33. The van der Waals surface area contributed by atoms with Gasteiger partial charge in [0.15, 0.2) is 0 Å². The molecule has 0 radical (unpaired) electrons. The molecular weight excluding hydrogens is 266 g/mol. The average molecular weight is 283 g/mol. The third-order valence-corrected chi connectivity index (χ3v) is 4.80. The number of hydrogen-bond donors (Lipinski definition) is 1. The van der Waals surface area contributed by atoms with Gasteiger partial charge in [-0.3, -0.25) is 4.79 Å². The number of carbonyl (C=O) groups excluding carboxylic acids is 1. The number of hydrogen-bond acceptors (Lipinski definition) is 4. The van der Waals surface area contributed by atoms with Gasteiger partial charge in [0, 0.05) is 0 Å². The quantitative estimate of drug-likeness (QED) is 0.830. The molecule has 1 N–H and O–H groups in total. The first kappa shape index (κ1) is 14.0. The predicted molar refractivity (Wildman–Crippen MR) is 70.0 cm³/mol. The van der Waals surface area contributed by atoms with Gasteiger partial charge in [0.05, 0.1) is 10.9 Å². The zero-order chi connectivity index (χ0) is 13.7. The number of rotatable bonds is 5. The third kappa shape index (κ3) is 3.54. The molecule has 2 atom stereocenters. The lowest BCUT2D eigenvalue weighted by Gasteiger charge is -2.30. The number of nitrogens with one attached hydrogen (secondary N) is 1. The summed E-state index contributed by atoms with van der Waals surface area (Å²) in [6.07, 6.45) is 2.89. The highest BCUT2D eigenvalue weighted by atomic mass is 32.2. The van der Waals surface area contributed by atoms with E-state index in [1.807, 2.05) is 0 Å². The van der Waals surface area contributed by atoms with Crippen molar-refractivity contribution >= 4 is 16.5 Å². The molecule has 0 aliphatic heterocycles. The Labute approximate surface area is 113 Å². The summed E-state index contributed by atoms with van der Waals surface area (Å²) in [6.45, 7) is 0.389. The van der Waals surface area contributed by atoms with Crippen LogP contribution in [-0.4, -0.2) is 27.0 Å². The Morgan fingerprint density at radius 2 is 1.84 bits per heavy atom. The zero-order valence-corrected chi connectivity index (χ0v) is 11.3. The maximum absolute atomic E-state index is 12.2. The molecular formula is C13H17NO4S. The third-order valence-electron chi connectivity index (χ3n) is 3.29. The van der Waals surface area contributed by atoms with E-state index in [2.05, 4.69) is 4.72 Å². The van der Waals surface area contributed by atoms with Crippen molar-refractivity contribution < 1.29 is 17.9 Å². The van der Waals surface area contributed by atoms with Gasteiger partial charge in [-0.15, -0.1) is 0 Å². The van der Waals surface area contributed by atoms with Crippen LogP contribution < -0.4 is 4.72 Å². The molecule has 5 nitrogen and oxygen atoms in total. The van der Waals surface area contributed by atoms with Gasteiger partial charge in [-0.25, -0.2) is 13.1 Å². The normalized spacial score (nSPS) is 23.8. The molecule has 0 unspecified atom stereocenters. The van der Waals surface area contributed by atoms with Crippen molar-refractivity contribution in [2.75, 3.05) is 0 Å². The number of carbonyl (C=O) groups is 1. The SMILES string of the molecule is O=CO[C@H]1CCCC[C@H]1NS(=O)(=O)c1ccccc1. The highest BCUT2D eigenvalue weighted by Gasteiger charge is 2.30. The summed E-state index contributed by atoms with van der Waals surface area (Å²) in [5, 5.41) is 0. The van der Waals surface area contributed by atoms with E-state index in [4.69, 9.17) is 4.74 Å². The highest BCUT2D eigenvalue weighted by molar-refractivity contribution is 7.89. The first-order chi connectivity index (χ1) is 9.13. The molecule has 2 rings (SSSR count). The van der Waals surface area contributed by atoms with Gasteiger partial charge in [0.1, 0.15) is 6.10 Å². The number of sulfonamides is 1. The van der Waals surface area contributed by atoms with Crippen molar-refractivity contribution in [3.05, 3.63) is 30.3 Å². The molecule has 0 bridgehead atoms. The second kappa shape index (κ2) is 6.16. The van der Waals surface area contributed by atoms with Gasteiger partial charge in [-0.1, -0.05) is 24.6 Å². The Balaban J connectivity index is 2.12. The second-order valence-electron chi connectivity index (χ2n) is 4.60. The number of benzene rings is 1. The number of ether oxygens (including phenoxy) is 1. The molecule has 0 aromatic heterocycles. The zero-order valence-electron chi connectivity index (χ0n) is 10.5. The Morgan fingerprint density at radius 1 is 1.16 bits per heavy atom. The van der Waals surface area contributed by atoms with Crippen molar-refractivity contribution in [2.45, 2.75) is 42.7 Å². The summed E-state index contributed by atoms with van der Waals surface area (Å²) in [7, 11) is -3.56. The Morgan fingerprint density at radius 3 is 2.53 bits per heavy atom. The Hall–Kier alpha value is -1.40. The minimum absolute atomic E-state index is 0.227. The van der Waals surface area contributed by atoms with Crippen LogP contribution in [-0.2, 0) is 19.6 Å². The van der Waals surface area contributed by atoms with Gasteiger partial charge in [-0.05, 0) is 31.4 Å². The molecule has 1 aliphatic carbocycles. The highest BCUT2D eigenvalue weighted by Crippen LogP contribution is 2.22. The van der Waals surface area contributed by atoms with Crippen molar-refractivity contribution in [3.8, 4) is 0 Å². The molecule has 6 heteroatoms. The lowest BCUT2D eigenvalue weighted by Crippen LogP contribution is -2.46.